The first-order valence-electron chi connectivity index (χ1n) is 9.06. The second kappa shape index (κ2) is 5.58. The van der Waals surface area contributed by atoms with Gasteiger partial charge in [0.05, 0.1) is 4.48 Å². The van der Waals surface area contributed by atoms with E-state index in [1.807, 2.05) is 0 Å². The molecule has 1 fully saturated rings. The molecule has 0 N–H and O–H groups in total. The minimum atomic E-state index is -0.0806. The molecule has 1 atom stereocenters. The Morgan fingerprint density at radius 3 is 2.73 bits per heavy atom. The Hall–Kier alpha value is -1.84. The van der Waals surface area contributed by atoms with Gasteiger partial charge in [-0.05, 0) is 74.8 Å². The lowest BCUT2D eigenvalue weighted by molar-refractivity contribution is 0.0629. The zero-order chi connectivity index (χ0) is 18.1. The zero-order valence-corrected chi connectivity index (χ0v) is 16.8. The fourth-order valence-corrected chi connectivity index (χ4v) is 5.33. The molecule has 3 heteroatoms. The van der Waals surface area contributed by atoms with Crippen molar-refractivity contribution in [2.45, 2.75) is 33.3 Å². The fourth-order valence-electron chi connectivity index (χ4n) is 4.66. The average molecular weight is 409 g/mol. The van der Waals surface area contributed by atoms with Crippen LogP contribution < -0.4 is 0 Å². The third-order valence-electron chi connectivity index (χ3n) is 6.00. The van der Waals surface area contributed by atoms with Crippen LogP contribution in [0.3, 0.4) is 0 Å². The Bertz CT molecular complexity index is 985. The lowest BCUT2D eigenvalue weighted by atomic mass is 9.72. The molecule has 5 rings (SSSR count). The summed E-state index contributed by atoms with van der Waals surface area (Å²) in [7, 11) is 0. The third-order valence-corrected chi connectivity index (χ3v) is 6.82. The summed E-state index contributed by atoms with van der Waals surface area (Å²) in [5.41, 5.74) is 9.44. The summed E-state index contributed by atoms with van der Waals surface area (Å²) in [6.07, 6.45) is 7.83. The molecule has 4 aliphatic rings. The highest BCUT2D eigenvalue weighted by molar-refractivity contribution is 9.12. The molecule has 132 valence electrons. The van der Waals surface area contributed by atoms with Gasteiger partial charge in [0, 0.05) is 5.41 Å². The third kappa shape index (κ3) is 2.20. The van der Waals surface area contributed by atoms with E-state index in [4.69, 9.17) is 9.47 Å². The molecule has 0 bridgehead atoms. The summed E-state index contributed by atoms with van der Waals surface area (Å²) in [5, 5.41) is 0. The maximum absolute atomic E-state index is 5.76. The number of rotatable bonds is 2. The van der Waals surface area contributed by atoms with E-state index >= 15 is 0 Å². The molecular formula is C23H21BrO2. The number of benzene rings is 1. The molecule has 0 aromatic heterocycles. The minimum absolute atomic E-state index is 0.0442. The van der Waals surface area contributed by atoms with Gasteiger partial charge < -0.3 is 9.47 Å². The molecular weight excluding hydrogens is 388 g/mol. The molecule has 1 saturated heterocycles. The van der Waals surface area contributed by atoms with E-state index < -0.39 is 0 Å². The van der Waals surface area contributed by atoms with Gasteiger partial charge in [-0.1, -0.05) is 49.8 Å². The lowest BCUT2D eigenvalue weighted by Gasteiger charge is -2.33. The fraction of sp³-hybridized carbons (Fsp3) is 0.304. The Balaban J connectivity index is 1.56. The Kier molecular flexibility index (Phi) is 3.51. The predicted octanol–water partition coefficient (Wildman–Crippen LogP) is 5.83. The normalized spacial score (nSPS) is 24.0. The van der Waals surface area contributed by atoms with Crippen LogP contribution >= 0.6 is 15.9 Å². The molecule has 26 heavy (non-hydrogen) atoms. The molecule has 1 aliphatic heterocycles. The summed E-state index contributed by atoms with van der Waals surface area (Å²) in [6.45, 7) is 7.24. The highest BCUT2D eigenvalue weighted by Crippen LogP contribution is 2.53. The quantitative estimate of drug-likeness (QED) is 0.612. The molecule has 3 aliphatic carbocycles. The first-order valence-corrected chi connectivity index (χ1v) is 9.85. The van der Waals surface area contributed by atoms with E-state index in [1.54, 1.807) is 0 Å². The van der Waals surface area contributed by atoms with Gasteiger partial charge in [-0.25, -0.2) is 0 Å². The van der Waals surface area contributed by atoms with Crippen LogP contribution in [0.1, 0.15) is 31.9 Å². The van der Waals surface area contributed by atoms with Crippen LogP contribution in [0.4, 0.5) is 0 Å². The van der Waals surface area contributed by atoms with Crippen LogP contribution in [0.25, 0.3) is 6.08 Å². The van der Waals surface area contributed by atoms with E-state index in [1.165, 1.54) is 39.0 Å². The van der Waals surface area contributed by atoms with Crippen molar-refractivity contribution in [3.05, 3.63) is 85.7 Å². The molecule has 0 radical (unpaired) electrons. The Morgan fingerprint density at radius 1 is 1.12 bits per heavy atom. The van der Waals surface area contributed by atoms with Gasteiger partial charge in [-0.15, -0.1) is 0 Å². The van der Waals surface area contributed by atoms with Gasteiger partial charge in [-0.2, -0.15) is 0 Å². The molecule has 0 spiro atoms. The van der Waals surface area contributed by atoms with Crippen molar-refractivity contribution in [1.29, 1.82) is 0 Å². The van der Waals surface area contributed by atoms with E-state index in [-0.39, 0.29) is 11.5 Å². The van der Waals surface area contributed by atoms with Gasteiger partial charge >= 0.3 is 0 Å². The first-order chi connectivity index (χ1) is 12.5. The van der Waals surface area contributed by atoms with Gasteiger partial charge in [0.25, 0.3) is 0 Å². The largest absolute Gasteiger partial charge is 0.468 e. The number of allylic oxidation sites excluding steroid dienone is 7. The smallest absolute Gasteiger partial charge is 0.190 e. The predicted molar refractivity (Wildman–Crippen MR) is 108 cm³/mol. The first kappa shape index (κ1) is 16.3. The van der Waals surface area contributed by atoms with Crippen LogP contribution in [0.5, 0.6) is 0 Å². The SMILES string of the molecule is CC1=C(C(C)(C)C2=Cc3ccccc3C2)C2=CC3OCOC3=C(Br)C2=C1. The Labute approximate surface area is 162 Å². The molecule has 2 nitrogen and oxygen atoms in total. The second-order valence-corrected chi connectivity index (χ2v) is 8.69. The van der Waals surface area contributed by atoms with Crippen LogP contribution in [-0.4, -0.2) is 12.9 Å². The summed E-state index contributed by atoms with van der Waals surface area (Å²) < 4.78 is 12.5. The summed E-state index contributed by atoms with van der Waals surface area (Å²) >= 11 is 3.76. The minimum Gasteiger partial charge on any atom is -0.468 e. The van der Waals surface area contributed by atoms with Crippen molar-refractivity contribution in [1.82, 2.24) is 0 Å². The van der Waals surface area contributed by atoms with Crippen molar-refractivity contribution in [2.75, 3.05) is 6.79 Å². The van der Waals surface area contributed by atoms with Gasteiger partial charge in [0.1, 0.15) is 11.9 Å². The van der Waals surface area contributed by atoms with Gasteiger partial charge in [0.2, 0.25) is 0 Å². The maximum Gasteiger partial charge on any atom is 0.190 e. The van der Waals surface area contributed by atoms with Crippen LogP contribution in [0.2, 0.25) is 0 Å². The van der Waals surface area contributed by atoms with Crippen molar-refractivity contribution in [3.8, 4) is 0 Å². The monoisotopic (exact) mass is 408 g/mol. The number of fused-ring (bicyclic) bond motifs is 3. The van der Waals surface area contributed by atoms with Crippen molar-refractivity contribution in [2.24, 2.45) is 5.41 Å². The second-order valence-electron chi connectivity index (χ2n) is 7.89. The standard InChI is InChI=1S/C23H21BrO2/c1-13-8-18-17(11-19-22(21(18)24)26-12-25-19)20(13)23(2,3)16-9-14-6-4-5-7-15(14)10-16/h4-9,11,19H,10,12H2,1-3H3. The number of hydrogen-bond donors (Lipinski definition) is 0. The topological polar surface area (TPSA) is 18.5 Å². The molecule has 1 aromatic carbocycles. The molecule has 1 unspecified atom stereocenters. The number of ether oxygens (including phenoxy) is 2. The van der Waals surface area contributed by atoms with Gasteiger partial charge in [0.15, 0.2) is 6.79 Å². The lowest BCUT2D eigenvalue weighted by Crippen LogP contribution is -2.22. The maximum atomic E-state index is 5.76. The Morgan fingerprint density at radius 2 is 1.92 bits per heavy atom. The van der Waals surface area contributed by atoms with Crippen molar-refractivity contribution in [3.63, 3.8) is 0 Å². The van der Waals surface area contributed by atoms with Crippen molar-refractivity contribution >= 4 is 22.0 Å². The summed E-state index contributed by atoms with van der Waals surface area (Å²) in [6, 6.07) is 8.71. The summed E-state index contributed by atoms with van der Waals surface area (Å²) in [4.78, 5) is 0. The highest BCUT2D eigenvalue weighted by Gasteiger charge is 2.41. The van der Waals surface area contributed by atoms with E-state index in [2.05, 4.69) is 79.2 Å². The zero-order valence-electron chi connectivity index (χ0n) is 15.2. The van der Waals surface area contributed by atoms with Gasteiger partial charge in [-0.3, -0.25) is 0 Å². The molecule has 1 aromatic rings. The van der Waals surface area contributed by atoms with Crippen molar-refractivity contribution < 1.29 is 9.47 Å². The molecule has 0 amide bonds. The van der Waals surface area contributed by atoms with Crippen LogP contribution in [0, 0.1) is 5.41 Å². The highest BCUT2D eigenvalue weighted by atomic mass is 79.9. The van der Waals surface area contributed by atoms with E-state index in [9.17, 15) is 0 Å². The van der Waals surface area contributed by atoms with E-state index in [0.717, 1.165) is 16.7 Å². The number of halogens is 1. The van der Waals surface area contributed by atoms with Crippen LogP contribution in [-0.2, 0) is 15.9 Å². The number of hydrogen-bond acceptors (Lipinski definition) is 2. The molecule has 1 heterocycles. The van der Waals surface area contributed by atoms with E-state index in [0.29, 0.717) is 6.79 Å². The average Bonchev–Trinajstić information content (AvgIpc) is 3.31. The van der Waals surface area contributed by atoms with Crippen LogP contribution in [0.15, 0.2) is 74.5 Å². The molecule has 0 saturated carbocycles. The summed E-state index contributed by atoms with van der Waals surface area (Å²) in [5.74, 6) is 0.902.